The van der Waals surface area contributed by atoms with E-state index in [1.165, 1.54) is 11.3 Å². The van der Waals surface area contributed by atoms with Crippen LogP contribution in [0, 0.1) is 11.8 Å². The molecule has 0 spiro atoms. The zero-order valence-electron chi connectivity index (χ0n) is 11.3. The Morgan fingerprint density at radius 1 is 1.58 bits per heavy atom. The number of nitrogens with zero attached hydrogens (tertiary/aromatic N) is 1. The van der Waals surface area contributed by atoms with Crippen molar-refractivity contribution in [2.24, 2.45) is 0 Å². The van der Waals surface area contributed by atoms with Crippen LogP contribution in [-0.2, 0) is 0 Å². The van der Waals surface area contributed by atoms with Crippen molar-refractivity contribution in [1.82, 2.24) is 4.90 Å². The molecular formula is C15H19NO2S. The van der Waals surface area contributed by atoms with Gasteiger partial charge >= 0.3 is 0 Å². The van der Waals surface area contributed by atoms with Crippen LogP contribution in [0.4, 0.5) is 0 Å². The van der Waals surface area contributed by atoms with Gasteiger partial charge in [0.15, 0.2) is 0 Å². The summed E-state index contributed by atoms with van der Waals surface area (Å²) in [6.07, 6.45) is 3.17. The predicted molar refractivity (Wildman–Crippen MR) is 77.2 cm³/mol. The van der Waals surface area contributed by atoms with Crippen LogP contribution in [0.2, 0.25) is 0 Å². The molecule has 1 aromatic rings. The van der Waals surface area contributed by atoms with Crippen LogP contribution in [0.3, 0.4) is 0 Å². The van der Waals surface area contributed by atoms with Crippen molar-refractivity contribution in [2.45, 2.75) is 45.2 Å². The molecule has 2 unspecified atom stereocenters. The number of likely N-dealkylation sites (tertiary alicyclic amines) is 1. The van der Waals surface area contributed by atoms with Crippen LogP contribution >= 0.6 is 11.3 Å². The van der Waals surface area contributed by atoms with Crippen LogP contribution in [-0.4, -0.2) is 34.6 Å². The quantitative estimate of drug-likeness (QED) is 0.844. The lowest BCUT2D eigenvalue weighted by molar-refractivity contribution is 0.0681. The Morgan fingerprint density at radius 2 is 2.37 bits per heavy atom. The topological polar surface area (TPSA) is 40.5 Å². The molecule has 0 radical (unpaired) electrons. The highest BCUT2D eigenvalue weighted by Gasteiger charge is 2.34. The van der Waals surface area contributed by atoms with Gasteiger partial charge in [0.05, 0.1) is 0 Å². The molecule has 1 amide bonds. The molecule has 4 heteroatoms. The number of thiophene rings is 1. The van der Waals surface area contributed by atoms with E-state index in [1.807, 2.05) is 16.3 Å². The van der Waals surface area contributed by atoms with Gasteiger partial charge in [-0.2, -0.15) is 0 Å². The fraction of sp³-hybridized carbons (Fsp3) is 0.533. The Balaban J connectivity index is 2.26. The molecule has 102 valence electrons. The monoisotopic (exact) mass is 277 g/mol. The summed E-state index contributed by atoms with van der Waals surface area (Å²) in [6.45, 7) is 4.06. The average molecular weight is 277 g/mol. The van der Waals surface area contributed by atoms with E-state index in [1.54, 1.807) is 0 Å². The van der Waals surface area contributed by atoms with Gasteiger partial charge in [0, 0.05) is 17.6 Å². The van der Waals surface area contributed by atoms with Crippen molar-refractivity contribution in [2.75, 3.05) is 6.61 Å². The lowest BCUT2D eigenvalue weighted by Crippen LogP contribution is -2.39. The predicted octanol–water partition coefficient (Wildman–Crippen LogP) is 2.50. The molecule has 19 heavy (non-hydrogen) atoms. The lowest BCUT2D eigenvalue weighted by Gasteiger charge is -2.27. The molecular weight excluding hydrogens is 258 g/mol. The molecule has 2 rings (SSSR count). The highest BCUT2D eigenvalue weighted by Crippen LogP contribution is 2.30. The first-order valence-corrected chi connectivity index (χ1v) is 7.56. The second-order valence-corrected chi connectivity index (χ2v) is 5.74. The van der Waals surface area contributed by atoms with Gasteiger partial charge in [-0.1, -0.05) is 18.8 Å². The van der Waals surface area contributed by atoms with Gasteiger partial charge in [-0.05, 0) is 37.6 Å². The number of hydrogen-bond donors (Lipinski definition) is 1. The molecule has 0 saturated carbocycles. The number of hydrogen-bond acceptors (Lipinski definition) is 3. The van der Waals surface area contributed by atoms with Crippen LogP contribution in [0.1, 0.15) is 48.3 Å². The Kier molecular flexibility index (Phi) is 4.62. The summed E-state index contributed by atoms with van der Waals surface area (Å²) in [5.41, 5.74) is 0.734. The highest BCUT2D eigenvalue weighted by atomic mass is 32.1. The molecule has 1 saturated heterocycles. The van der Waals surface area contributed by atoms with Crippen molar-refractivity contribution < 1.29 is 9.90 Å². The number of carbonyl (C=O) groups is 1. The Bertz CT molecular complexity index is 512. The first-order chi connectivity index (χ1) is 9.19. The summed E-state index contributed by atoms with van der Waals surface area (Å²) in [7, 11) is 0. The minimum Gasteiger partial charge on any atom is -0.384 e. The fourth-order valence-corrected chi connectivity index (χ4v) is 3.46. The van der Waals surface area contributed by atoms with Crippen LogP contribution < -0.4 is 0 Å². The summed E-state index contributed by atoms with van der Waals surface area (Å²) in [5.74, 6) is 5.56. The normalized spacial score (nSPS) is 22.2. The number of aliphatic hydroxyl groups excluding tert-OH is 1. The SMILES string of the molecule is CCC1CCC(C)N1C(=O)c1sccc1C#CCO. The molecule has 0 aliphatic carbocycles. The number of amides is 1. The van der Waals surface area contributed by atoms with E-state index in [4.69, 9.17) is 5.11 Å². The summed E-state index contributed by atoms with van der Waals surface area (Å²) in [4.78, 5) is 15.4. The Hall–Kier alpha value is -1.31. The van der Waals surface area contributed by atoms with E-state index in [0.29, 0.717) is 17.0 Å². The van der Waals surface area contributed by atoms with Gasteiger partial charge in [0.2, 0.25) is 0 Å². The zero-order chi connectivity index (χ0) is 13.8. The number of carbonyl (C=O) groups excluding carboxylic acids is 1. The molecule has 0 aromatic carbocycles. The van der Waals surface area contributed by atoms with Crippen LogP contribution in [0.5, 0.6) is 0 Å². The van der Waals surface area contributed by atoms with Gasteiger partial charge in [-0.25, -0.2) is 0 Å². The molecule has 1 N–H and O–H groups in total. The molecule has 1 aromatic heterocycles. The smallest absolute Gasteiger partial charge is 0.265 e. The lowest BCUT2D eigenvalue weighted by atomic mass is 10.1. The van der Waals surface area contributed by atoms with Gasteiger partial charge in [-0.3, -0.25) is 4.79 Å². The molecule has 1 fully saturated rings. The first-order valence-electron chi connectivity index (χ1n) is 6.68. The standard InChI is InChI=1S/C15H19NO2S/c1-3-13-7-6-11(2)16(13)15(18)14-12(5-4-9-17)8-10-19-14/h8,10-11,13,17H,3,6-7,9H2,1-2H3. The molecule has 1 aliphatic rings. The fourth-order valence-electron chi connectivity index (χ4n) is 2.66. The van der Waals surface area contributed by atoms with Crippen LogP contribution in [0.15, 0.2) is 11.4 Å². The second kappa shape index (κ2) is 6.23. The maximum Gasteiger partial charge on any atom is 0.265 e. The van der Waals surface area contributed by atoms with Crippen molar-refractivity contribution in [1.29, 1.82) is 0 Å². The van der Waals surface area contributed by atoms with Crippen LogP contribution in [0.25, 0.3) is 0 Å². The maximum atomic E-state index is 12.7. The summed E-state index contributed by atoms with van der Waals surface area (Å²) >= 11 is 1.43. The van der Waals surface area contributed by atoms with Gasteiger partial charge in [-0.15, -0.1) is 11.3 Å². The largest absolute Gasteiger partial charge is 0.384 e. The van der Waals surface area contributed by atoms with E-state index in [9.17, 15) is 4.79 Å². The maximum absolute atomic E-state index is 12.7. The molecule has 1 aliphatic heterocycles. The summed E-state index contributed by atoms with van der Waals surface area (Å²) in [6, 6.07) is 2.50. The Morgan fingerprint density at radius 3 is 3.05 bits per heavy atom. The summed E-state index contributed by atoms with van der Waals surface area (Å²) in [5, 5.41) is 10.6. The van der Waals surface area contributed by atoms with E-state index < -0.39 is 0 Å². The molecule has 3 nitrogen and oxygen atoms in total. The molecule has 2 atom stereocenters. The Labute approximate surface area is 118 Å². The third kappa shape index (κ3) is 2.83. The molecule has 0 bridgehead atoms. The first kappa shape index (κ1) is 14.1. The highest BCUT2D eigenvalue weighted by molar-refractivity contribution is 7.12. The van der Waals surface area contributed by atoms with Crippen molar-refractivity contribution in [3.05, 3.63) is 21.9 Å². The third-order valence-corrected chi connectivity index (χ3v) is 4.56. The number of rotatable bonds is 2. The van der Waals surface area contributed by atoms with E-state index in [-0.39, 0.29) is 12.5 Å². The van der Waals surface area contributed by atoms with Crippen molar-refractivity contribution >= 4 is 17.2 Å². The summed E-state index contributed by atoms with van der Waals surface area (Å²) < 4.78 is 0. The average Bonchev–Trinajstić information content (AvgIpc) is 3.01. The van der Waals surface area contributed by atoms with E-state index >= 15 is 0 Å². The minimum absolute atomic E-state index is 0.0917. The van der Waals surface area contributed by atoms with Gasteiger partial charge in [0.25, 0.3) is 5.91 Å². The van der Waals surface area contributed by atoms with Crippen molar-refractivity contribution in [3.8, 4) is 11.8 Å². The second-order valence-electron chi connectivity index (χ2n) is 4.82. The zero-order valence-corrected chi connectivity index (χ0v) is 12.2. The third-order valence-electron chi connectivity index (χ3n) is 3.65. The van der Waals surface area contributed by atoms with Crippen molar-refractivity contribution in [3.63, 3.8) is 0 Å². The van der Waals surface area contributed by atoms with Gasteiger partial charge in [0.1, 0.15) is 11.5 Å². The number of aliphatic hydroxyl groups is 1. The molecule has 2 heterocycles. The van der Waals surface area contributed by atoms with E-state index in [2.05, 4.69) is 25.7 Å². The minimum atomic E-state index is -0.179. The van der Waals surface area contributed by atoms with Gasteiger partial charge < -0.3 is 10.0 Å². The van der Waals surface area contributed by atoms with E-state index in [0.717, 1.165) is 24.8 Å².